The molecule has 0 atom stereocenters. The van der Waals surface area contributed by atoms with Gasteiger partial charge in [-0.3, -0.25) is 9.11 Å². The van der Waals surface area contributed by atoms with Crippen molar-refractivity contribution in [2.45, 2.75) is 9.79 Å². The van der Waals surface area contributed by atoms with Gasteiger partial charge in [0.25, 0.3) is 20.2 Å². The van der Waals surface area contributed by atoms with Crippen LogP contribution in [-0.2, 0) is 20.2 Å². The van der Waals surface area contributed by atoms with Crippen molar-refractivity contribution in [1.82, 2.24) is 0 Å². The summed E-state index contributed by atoms with van der Waals surface area (Å²) in [6.45, 7) is 0. The highest BCUT2D eigenvalue weighted by Gasteiger charge is 2.23. The first-order chi connectivity index (χ1) is 24.2. The predicted octanol–water partition coefficient (Wildman–Crippen LogP) is 7.99. The zero-order chi connectivity index (χ0) is 36.7. The van der Waals surface area contributed by atoms with Gasteiger partial charge in [-0.1, -0.05) is 48.5 Å². The lowest BCUT2D eigenvalue weighted by Gasteiger charge is -2.11. The highest BCUT2D eigenvalue weighted by Crippen LogP contribution is 2.45. The number of nitrogens with zero attached hydrogens (tertiary/aromatic N) is 4. The highest BCUT2D eigenvalue weighted by molar-refractivity contribution is 7.86. The van der Waals surface area contributed by atoms with Crippen LogP contribution < -0.4 is 15.2 Å². The van der Waals surface area contributed by atoms with Gasteiger partial charge in [0.1, 0.15) is 44.0 Å². The Balaban J connectivity index is 1.34. The van der Waals surface area contributed by atoms with Crippen molar-refractivity contribution in [3.05, 3.63) is 91.0 Å². The van der Waals surface area contributed by atoms with E-state index in [9.17, 15) is 36.2 Å². The zero-order valence-corrected chi connectivity index (χ0v) is 28.2. The fourth-order valence-electron chi connectivity index (χ4n) is 5.38. The number of aromatic hydroxyl groups is 2. The van der Waals surface area contributed by atoms with Crippen LogP contribution in [0.5, 0.6) is 23.0 Å². The second-order valence-corrected chi connectivity index (χ2v) is 13.7. The monoisotopic (exact) mass is 729 g/mol. The molecule has 15 nitrogen and oxygen atoms in total. The molecule has 6 aromatic carbocycles. The maximum Gasteiger partial charge on any atom is 0.296 e. The van der Waals surface area contributed by atoms with E-state index in [1.54, 1.807) is 48.5 Å². The van der Waals surface area contributed by atoms with Gasteiger partial charge in [0.15, 0.2) is 11.5 Å². The number of phenols is 2. The molecule has 0 aromatic heterocycles. The van der Waals surface area contributed by atoms with Gasteiger partial charge in [0, 0.05) is 27.2 Å². The van der Waals surface area contributed by atoms with Crippen LogP contribution in [0.15, 0.2) is 121 Å². The molecular formula is C34H27N5O10S2. The molecule has 6 N–H and O–H groups in total. The molecule has 0 spiro atoms. The Morgan fingerprint density at radius 2 is 1.06 bits per heavy atom. The summed E-state index contributed by atoms with van der Waals surface area (Å²) < 4.78 is 79.2. The molecule has 0 fully saturated rings. The Morgan fingerprint density at radius 1 is 0.549 bits per heavy atom. The molecular weight excluding hydrogens is 703 g/mol. The smallest absolute Gasteiger partial charge is 0.296 e. The number of benzene rings is 6. The van der Waals surface area contributed by atoms with Crippen molar-refractivity contribution in [2.75, 3.05) is 20.0 Å². The minimum absolute atomic E-state index is 0.113. The van der Waals surface area contributed by atoms with E-state index >= 15 is 0 Å². The maximum absolute atomic E-state index is 12.2. The summed E-state index contributed by atoms with van der Waals surface area (Å²) in [5.41, 5.74) is 7.07. The lowest BCUT2D eigenvalue weighted by Crippen LogP contribution is -2.00. The average Bonchev–Trinajstić information content (AvgIpc) is 3.10. The maximum atomic E-state index is 12.2. The Hall–Kier alpha value is -6.14. The molecule has 260 valence electrons. The third kappa shape index (κ3) is 6.73. The van der Waals surface area contributed by atoms with Gasteiger partial charge in [-0.25, -0.2) is 0 Å². The number of hydrogen-bond donors (Lipinski definition) is 5. The summed E-state index contributed by atoms with van der Waals surface area (Å²) in [6.07, 6.45) is 0. The fourth-order valence-corrected chi connectivity index (χ4v) is 6.75. The largest absolute Gasteiger partial charge is 0.505 e. The number of methoxy groups -OCH3 is 2. The van der Waals surface area contributed by atoms with Crippen LogP contribution in [0.4, 0.5) is 28.4 Å². The van der Waals surface area contributed by atoms with E-state index in [1.807, 2.05) is 0 Å². The summed E-state index contributed by atoms with van der Waals surface area (Å²) in [6, 6.07) is 22.5. The first-order valence-electron chi connectivity index (χ1n) is 14.6. The van der Waals surface area contributed by atoms with Crippen LogP contribution in [0.1, 0.15) is 0 Å². The molecule has 0 saturated heterocycles. The molecule has 0 saturated carbocycles. The SMILES string of the molecule is COc1cc(-c2ccc(N=Nc3c(S(=O)(=O)O)cc4c(N)cccc4c3O)c(OC)c2)ccc1N=Nc1cc(S(=O)(=O)O)c2ccccc2c1O. The predicted molar refractivity (Wildman–Crippen MR) is 189 cm³/mol. The number of phenolic OH excluding ortho intramolecular Hbond substituents is 2. The van der Waals surface area contributed by atoms with Crippen molar-refractivity contribution in [3.8, 4) is 34.1 Å². The van der Waals surface area contributed by atoms with Crippen LogP contribution in [0, 0.1) is 0 Å². The van der Waals surface area contributed by atoms with E-state index in [1.165, 1.54) is 44.6 Å². The summed E-state index contributed by atoms with van der Waals surface area (Å²) >= 11 is 0. The number of hydrogen-bond acceptors (Lipinski definition) is 13. The Bertz CT molecular complexity index is 2660. The Morgan fingerprint density at radius 3 is 1.63 bits per heavy atom. The zero-order valence-electron chi connectivity index (χ0n) is 26.6. The van der Waals surface area contributed by atoms with Gasteiger partial charge in [-0.15, -0.1) is 20.5 Å². The molecule has 0 radical (unpaired) electrons. The van der Waals surface area contributed by atoms with Gasteiger partial charge >= 0.3 is 0 Å². The van der Waals surface area contributed by atoms with E-state index in [4.69, 9.17) is 15.2 Å². The first kappa shape index (κ1) is 34.7. The number of fused-ring (bicyclic) bond motifs is 2. The summed E-state index contributed by atoms with van der Waals surface area (Å²) in [5, 5.41) is 38.6. The molecule has 0 heterocycles. The van der Waals surface area contributed by atoms with E-state index in [0.29, 0.717) is 11.1 Å². The van der Waals surface area contributed by atoms with Gasteiger partial charge in [-0.2, -0.15) is 16.8 Å². The Labute approximate surface area is 290 Å². The third-order valence-corrected chi connectivity index (χ3v) is 9.62. The van der Waals surface area contributed by atoms with Gasteiger partial charge in [0.2, 0.25) is 0 Å². The van der Waals surface area contributed by atoms with Crippen molar-refractivity contribution in [1.29, 1.82) is 0 Å². The third-order valence-electron chi connectivity index (χ3n) is 7.86. The molecule has 0 amide bonds. The highest BCUT2D eigenvalue weighted by atomic mass is 32.2. The number of nitrogens with two attached hydrogens (primary N) is 1. The number of rotatable bonds is 9. The lowest BCUT2D eigenvalue weighted by atomic mass is 10.0. The average molecular weight is 730 g/mol. The summed E-state index contributed by atoms with van der Waals surface area (Å²) in [5.74, 6) is -0.403. The molecule has 0 aliphatic heterocycles. The van der Waals surface area contributed by atoms with Crippen molar-refractivity contribution >= 4 is 70.2 Å². The number of nitrogen functional groups attached to an aromatic ring is 1. The molecule has 17 heteroatoms. The number of ether oxygens (including phenoxy) is 2. The van der Waals surface area contributed by atoms with Crippen molar-refractivity contribution in [2.24, 2.45) is 20.5 Å². The van der Waals surface area contributed by atoms with Crippen molar-refractivity contribution in [3.63, 3.8) is 0 Å². The summed E-state index contributed by atoms with van der Waals surface area (Å²) in [4.78, 5) is -1.13. The van der Waals surface area contributed by atoms with Crippen molar-refractivity contribution < 1.29 is 45.6 Å². The van der Waals surface area contributed by atoms with Crippen LogP contribution in [0.25, 0.3) is 32.7 Å². The molecule has 6 rings (SSSR count). The molecule has 0 aliphatic carbocycles. The number of azo groups is 2. The second kappa shape index (κ2) is 13.3. The van der Waals surface area contributed by atoms with E-state index in [2.05, 4.69) is 20.5 Å². The standard InChI is InChI=1S/C34H27N5O10S2/c1-48-28-14-18(10-12-25(28)36-38-27-17-30(50(42,43)44)20-6-3-4-7-21(20)33(27)40)19-11-13-26(29(15-19)49-2)37-39-32-31(51(45,46)47)16-23-22(34(32)41)8-5-9-24(23)35/h3-17,40-41H,35H2,1-2H3,(H,42,43,44)(H,45,46,47). The Kier molecular flexibility index (Phi) is 9.05. The lowest BCUT2D eigenvalue weighted by molar-refractivity contribution is 0.415. The van der Waals surface area contributed by atoms with Gasteiger partial charge in [-0.05, 0) is 53.6 Å². The van der Waals surface area contributed by atoms with Gasteiger partial charge < -0.3 is 25.4 Å². The van der Waals surface area contributed by atoms with E-state index in [0.717, 1.165) is 12.1 Å². The minimum atomic E-state index is -4.85. The topological polar surface area (TPSA) is 243 Å². The molecule has 51 heavy (non-hydrogen) atoms. The molecule has 6 aromatic rings. The van der Waals surface area contributed by atoms with E-state index < -0.39 is 41.5 Å². The van der Waals surface area contributed by atoms with Crippen LogP contribution in [-0.4, -0.2) is 50.4 Å². The molecule has 0 aliphatic rings. The summed E-state index contributed by atoms with van der Waals surface area (Å²) in [7, 11) is -6.71. The molecule has 0 unspecified atom stereocenters. The van der Waals surface area contributed by atoms with Crippen LogP contribution in [0.2, 0.25) is 0 Å². The molecule has 0 bridgehead atoms. The first-order valence-corrected chi connectivity index (χ1v) is 17.5. The normalized spacial score (nSPS) is 12.3. The fraction of sp³-hybridized carbons (Fsp3) is 0.0588. The van der Waals surface area contributed by atoms with Gasteiger partial charge in [0.05, 0.1) is 14.2 Å². The quantitative estimate of drug-likeness (QED) is 0.0542. The number of anilines is 1. The van der Waals surface area contributed by atoms with Crippen LogP contribution in [0.3, 0.4) is 0 Å². The van der Waals surface area contributed by atoms with Crippen LogP contribution >= 0.6 is 0 Å². The van der Waals surface area contributed by atoms with E-state index in [-0.39, 0.29) is 61.5 Å². The second-order valence-electron chi connectivity index (χ2n) is 10.9. The minimum Gasteiger partial charge on any atom is -0.505 e.